The maximum Gasteiger partial charge on any atom is 0.131 e. The number of hydrogen-bond donors (Lipinski definition) is 0. The van der Waals surface area contributed by atoms with Crippen LogP contribution in [0.5, 0.6) is 0 Å². The fraction of sp³-hybridized carbons (Fsp3) is 0.533. The van der Waals surface area contributed by atoms with Crippen LogP contribution < -0.4 is 0 Å². The molecule has 6 nitrogen and oxygen atoms in total. The Balaban J connectivity index is 0.000000385. The third-order valence-electron chi connectivity index (χ3n) is 7.26. The topological polar surface area (TPSA) is 46.8 Å². The molecule has 0 radical (unpaired) electrons. The summed E-state index contributed by atoms with van der Waals surface area (Å²) in [6.45, 7) is 34.4. The van der Waals surface area contributed by atoms with Crippen molar-refractivity contribution < 1.29 is 0 Å². The molecule has 0 amide bonds. The Kier molecular flexibility index (Phi) is 18.4. The van der Waals surface area contributed by atoms with Gasteiger partial charge >= 0.3 is 0 Å². The van der Waals surface area contributed by atoms with Gasteiger partial charge in [0.05, 0.1) is 16.6 Å². The Morgan fingerprint density at radius 3 is 1.02 bits per heavy atom. The second kappa shape index (κ2) is 20.8. The van der Waals surface area contributed by atoms with E-state index in [0.717, 1.165) is 36.2 Å². The van der Waals surface area contributed by atoms with E-state index in [9.17, 15) is 0 Å². The zero-order valence-electron chi connectivity index (χ0n) is 35.4. The minimum absolute atomic E-state index is 0.0462. The van der Waals surface area contributed by atoms with Gasteiger partial charge in [-0.1, -0.05) is 91.0 Å². The van der Waals surface area contributed by atoms with Crippen LogP contribution in [0.3, 0.4) is 0 Å². The molecule has 0 aliphatic rings. The zero-order chi connectivity index (χ0) is 39.0. The van der Waals surface area contributed by atoms with Gasteiger partial charge in [-0.05, 0) is 104 Å². The molecule has 6 heteroatoms. The quantitative estimate of drug-likeness (QED) is 0.182. The van der Waals surface area contributed by atoms with Gasteiger partial charge in [-0.25, -0.2) is 0 Å². The SMILES string of the molecule is CC(C)N(C(=NC(C)(C)C)c1ccccc1)C(C)C.CCN(CC)C(=NC(C)(C)C)c1ccccc1.CN(C)C(=NC(C)(C)C)c1ccccc1. The van der Waals surface area contributed by atoms with Crippen molar-refractivity contribution in [2.45, 2.75) is 133 Å². The first-order chi connectivity index (χ1) is 23.6. The van der Waals surface area contributed by atoms with E-state index in [1.54, 1.807) is 0 Å². The van der Waals surface area contributed by atoms with Gasteiger partial charge in [-0.2, -0.15) is 0 Å². The molecular weight excluding hydrogens is 625 g/mol. The summed E-state index contributed by atoms with van der Waals surface area (Å²) in [6, 6.07) is 32.1. The van der Waals surface area contributed by atoms with Crippen molar-refractivity contribution in [2.75, 3.05) is 27.2 Å². The number of benzene rings is 3. The third-order valence-corrected chi connectivity index (χ3v) is 7.26. The number of amidine groups is 3. The Bertz CT molecular complexity index is 1450. The molecule has 0 N–H and O–H groups in total. The van der Waals surface area contributed by atoms with Gasteiger partial charge in [0.2, 0.25) is 0 Å². The molecule has 0 heterocycles. The van der Waals surface area contributed by atoms with Crippen LogP contribution in [0.2, 0.25) is 0 Å². The lowest BCUT2D eigenvalue weighted by Gasteiger charge is -2.35. The summed E-state index contributed by atoms with van der Waals surface area (Å²) in [4.78, 5) is 21.3. The molecule has 0 saturated heterocycles. The molecule has 0 saturated carbocycles. The largest absolute Gasteiger partial charge is 0.363 e. The van der Waals surface area contributed by atoms with E-state index >= 15 is 0 Å². The first-order valence-corrected chi connectivity index (χ1v) is 18.8. The number of nitrogens with zero attached hydrogens (tertiary/aromatic N) is 6. The lowest BCUT2D eigenvalue weighted by Crippen LogP contribution is -2.43. The van der Waals surface area contributed by atoms with Crippen LogP contribution in [0.4, 0.5) is 0 Å². The highest BCUT2D eigenvalue weighted by Crippen LogP contribution is 2.18. The molecule has 0 aliphatic carbocycles. The molecule has 0 unspecified atom stereocenters. The van der Waals surface area contributed by atoms with Crippen molar-refractivity contribution in [1.82, 2.24) is 14.7 Å². The van der Waals surface area contributed by atoms with Crippen LogP contribution in [0.1, 0.15) is 121 Å². The summed E-state index contributed by atoms with van der Waals surface area (Å²) in [5.74, 6) is 3.23. The first-order valence-electron chi connectivity index (χ1n) is 18.8. The Hall–Kier alpha value is -3.93. The monoisotopic (exact) mass is 697 g/mol. The molecule has 0 bridgehead atoms. The maximum atomic E-state index is 4.96. The number of hydrogen-bond acceptors (Lipinski definition) is 3. The zero-order valence-corrected chi connectivity index (χ0v) is 35.4. The molecule has 0 aliphatic heterocycles. The van der Waals surface area contributed by atoms with Crippen molar-refractivity contribution in [2.24, 2.45) is 15.0 Å². The van der Waals surface area contributed by atoms with Crippen LogP contribution in [0.15, 0.2) is 106 Å². The van der Waals surface area contributed by atoms with Crippen molar-refractivity contribution in [3.63, 3.8) is 0 Å². The minimum atomic E-state index is -0.0762. The van der Waals surface area contributed by atoms with Crippen LogP contribution in [0, 0.1) is 0 Å². The lowest BCUT2D eigenvalue weighted by atomic mass is 10.1. The first kappa shape index (κ1) is 45.1. The summed E-state index contributed by atoms with van der Waals surface area (Å²) in [6.07, 6.45) is 0. The molecule has 3 rings (SSSR count). The highest BCUT2D eigenvalue weighted by molar-refractivity contribution is 6.00. The van der Waals surface area contributed by atoms with Crippen LogP contribution in [-0.2, 0) is 0 Å². The highest BCUT2D eigenvalue weighted by atomic mass is 15.2. The summed E-state index contributed by atoms with van der Waals surface area (Å²) >= 11 is 0. The van der Waals surface area contributed by atoms with Crippen molar-refractivity contribution in [3.8, 4) is 0 Å². The fourth-order valence-electron chi connectivity index (χ4n) is 5.34. The molecule has 0 atom stereocenters. The van der Waals surface area contributed by atoms with E-state index in [4.69, 9.17) is 15.0 Å². The standard InChI is InChI=1S/C17H28N2.C15H24N2.C13H20N2/c1-13(2)19(14(3)4)16(18-17(5,6)7)15-11-9-8-10-12-15;1-6-17(7-2)14(16-15(3,4)5)13-11-9-8-10-12-13;1-13(2,3)14-12(15(4)5)11-9-7-6-8-10-11/h8-14H,1-7H3;8-12H,6-7H2,1-5H3;6-10H,1-5H3. The normalized spacial score (nSPS) is 12.9. The second-order valence-electron chi connectivity index (χ2n) is 16.6. The van der Waals surface area contributed by atoms with E-state index in [2.05, 4.69) is 179 Å². The molecule has 3 aromatic carbocycles. The van der Waals surface area contributed by atoms with Crippen LogP contribution in [-0.4, -0.2) is 88.1 Å². The lowest BCUT2D eigenvalue weighted by molar-refractivity contribution is 0.289. The second-order valence-corrected chi connectivity index (χ2v) is 16.6. The molecular formula is C45H72N6. The number of aliphatic imine (C=N–C) groups is 3. The summed E-state index contributed by atoms with van der Waals surface area (Å²) in [5, 5.41) is 0. The predicted molar refractivity (Wildman–Crippen MR) is 227 cm³/mol. The average Bonchev–Trinajstić information content (AvgIpc) is 3.03. The van der Waals surface area contributed by atoms with E-state index in [1.165, 1.54) is 11.1 Å². The van der Waals surface area contributed by atoms with E-state index < -0.39 is 0 Å². The van der Waals surface area contributed by atoms with Crippen LogP contribution in [0.25, 0.3) is 0 Å². The Morgan fingerprint density at radius 2 is 0.745 bits per heavy atom. The highest BCUT2D eigenvalue weighted by Gasteiger charge is 2.22. The van der Waals surface area contributed by atoms with Gasteiger partial charge in [-0.3, -0.25) is 15.0 Å². The fourth-order valence-corrected chi connectivity index (χ4v) is 5.34. The van der Waals surface area contributed by atoms with Crippen LogP contribution >= 0.6 is 0 Å². The summed E-state index contributed by atoms with van der Waals surface area (Å²) in [5.41, 5.74) is 3.39. The van der Waals surface area contributed by atoms with Gasteiger partial charge in [0.15, 0.2) is 0 Å². The number of rotatable bonds is 7. The summed E-state index contributed by atoms with van der Waals surface area (Å²) in [7, 11) is 4.05. The van der Waals surface area contributed by atoms with Gasteiger partial charge in [-0.15, -0.1) is 0 Å². The van der Waals surface area contributed by atoms with Crippen molar-refractivity contribution in [1.29, 1.82) is 0 Å². The Morgan fingerprint density at radius 1 is 0.471 bits per heavy atom. The van der Waals surface area contributed by atoms with E-state index in [0.29, 0.717) is 12.1 Å². The molecule has 3 aromatic rings. The summed E-state index contributed by atoms with van der Waals surface area (Å²) < 4.78 is 0. The molecule has 51 heavy (non-hydrogen) atoms. The van der Waals surface area contributed by atoms with E-state index in [-0.39, 0.29) is 16.6 Å². The molecule has 0 aromatic heterocycles. The molecule has 282 valence electrons. The van der Waals surface area contributed by atoms with Gasteiger partial charge in [0.25, 0.3) is 0 Å². The predicted octanol–water partition coefficient (Wildman–Crippen LogP) is 10.7. The van der Waals surface area contributed by atoms with Gasteiger partial charge < -0.3 is 14.7 Å². The van der Waals surface area contributed by atoms with E-state index in [1.807, 2.05) is 44.4 Å². The minimum Gasteiger partial charge on any atom is -0.363 e. The van der Waals surface area contributed by atoms with Crippen molar-refractivity contribution >= 4 is 17.5 Å². The smallest absolute Gasteiger partial charge is 0.131 e. The molecule has 0 spiro atoms. The third kappa shape index (κ3) is 17.7. The average molecular weight is 697 g/mol. The van der Waals surface area contributed by atoms with Crippen molar-refractivity contribution in [3.05, 3.63) is 108 Å². The van der Waals surface area contributed by atoms with Gasteiger partial charge in [0.1, 0.15) is 17.5 Å². The maximum absolute atomic E-state index is 4.96. The Labute approximate surface area is 313 Å². The molecule has 0 fully saturated rings. The van der Waals surface area contributed by atoms with Gasteiger partial charge in [0, 0.05) is 56.0 Å².